The van der Waals surface area contributed by atoms with E-state index in [2.05, 4.69) is 0 Å². The summed E-state index contributed by atoms with van der Waals surface area (Å²) in [5.74, 6) is 0. The van der Waals surface area contributed by atoms with Crippen LogP contribution in [0.5, 0.6) is 0 Å². The molecule has 2 rings (SSSR count). The van der Waals surface area contributed by atoms with Crippen molar-refractivity contribution in [1.29, 1.82) is 0 Å². The van der Waals surface area contributed by atoms with Crippen LogP contribution in [-0.4, -0.2) is 17.8 Å². The maximum absolute atomic E-state index is 12.8. The van der Waals surface area contributed by atoms with Crippen LogP contribution in [0.1, 0.15) is 13.8 Å². The van der Waals surface area contributed by atoms with Gasteiger partial charge in [0.05, 0.1) is 18.7 Å². The third kappa shape index (κ3) is 3.06. The molecule has 0 radical (unpaired) electrons. The minimum atomic E-state index is -3.62. The van der Waals surface area contributed by atoms with E-state index in [-0.39, 0.29) is 23.9 Å². The van der Waals surface area contributed by atoms with Crippen LogP contribution in [0.4, 0.5) is 0 Å². The Balaban J connectivity index is 2.76. The number of fused-ring (bicyclic) bond motifs is 1. The topological polar surface area (TPSA) is 57.5 Å². The van der Waals surface area contributed by atoms with Gasteiger partial charge in [0.2, 0.25) is 5.43 Å². The van der Waals surface area contributed by atoms with Crippen molar-refractivity contribution in [2.45, 2.75) is 13.8 Å². The SMILES string of the molecule is CCOP(=O)(OCC)c1cn(C)c2cc(Cl)ccc2c1=O. The number of hydrogen-bond acceptors (Lipinski definition) is 4. The molecule has 5 nitrogen and oxygen atoms in total. The van der Waals surface area contributed by atoms with E-state index in [1.165, 1.54) is 6.20 Å². The number of aryl methyl sites for hydroxylation is 1. The molecule has 0 saturated heterocycles. The minimum Gasteiger partial charge on any atom is -0.349 e. The summed E-state index contributed by atoms with van der Waals surface area (Å²) < 4.78 is 25.0. The molecule has 0 saturated carbocycles. The van der Waals surface area contributed by atoms with Crippen LogP contribution in [0.25, 0.3) is 10.9 Å². The summed E-state index contributed by atoms with van der Waals surface area (Å²) in [4.78, 5) is 12.6. The largest absolute Gasteiger partial charge is 0.366 e. The number of pyridine rings is 1. The van der Waals surface area contributed by atoms with Crippen LogP contribution in [0, 0.1) is 0 Å². The predicted molar refractivity (Wildman–Crippen MR) is 84.7 cm³/mol. The summed E-state index contributed by atoms with van der Waals surface area (Å²) in [7, 11) is -1.86. The first-order chi connectivity index (χ1) is 9.92. The van der Waals surface area contributed by atoms with Crippen LogP contribution >= 0.6 is 19.2 Å². The van der Waals surface area contributed by atoms with Crippen molar-refractivity contribution >= 4 is 35.4 Å². The van der Waals surface area contributed by atoms with Gasteiger partial charge in [-0.25, -0.2) is 0 Å². The molecule has 1 aromatic heterocycles. The molecule has 0 aliphatic heterocycles. The Bertz CT molecular complexity index is 761. The molecule has 0 bridgehead atoms. The molecule has 0 N–H and O–H groups in total. The van der Waals surface area contributed by atoms with Gasteiger partial charge in [-0.2, -0.15) is 0 Å². The number of hydrogen-bond donors (Lipinski definition) is 0. The second-order valence-electron chi connectivity index (χ2n) is 4.45. The molecule has 0 fully saturated rings. The molecule has 0 spiro atoms. The average Bonchev–Trinajstić information content (AvgIpc) is 2.43. The van der Waals surface area contributed by atoms with Gasteiger partial charge in [0.1, 0.15) is 5.30 Å². The summed E-state index contributed by atoms with van der Waals surface area (Å²) >= 11 is 5.95. The lowest BCUT2D eigenvalue weighted by Gasteiger charge is -2.18. The van der Waals surface area contributed by atoms with Crippen LogP contribution < -0.4 is 10.7 Å². The van der Waals surface area contributed by atoms with Crippen molar-refractivity contribution in [2.24, 2.45) is 7.05 Å². The smallest absolute Gasteiger partial charge is 0.349 e. The molecule has 0 aliphatic carbocycles. The molecular weight excluding hydrogens is 313 g/mol. The third-order valence-corrected chi connectivity index (χ3v) is 5.37. The molecule has 0 amide bonds. The normalized spacial score (nSPS) is 12.0. The number of nitrogens with zero attached hydrogens (tertiary/aromatic N) is 1. The zero-order chi connectivity index (χ0) is 15.6. The molecule has 114 valence electrons. The lowest BCUT2D eigenvalue weighted by Crippen LogP contribution is -2.29. The van der Waals surface area contributed by atoms with Crippen molar-refractivity contribution in [1.82, 2.24) is 4.57 Å². The average molecular weight is 330 g/mol. The van der Waals surface area contributed by atoms with Crippen molar-refractivity contribution in [3.8, 4) is 0 Å². The standard InChI is InChI=1S/C14H17ClNO4P/c1-4-19-21(18,20-5-2)13-9-16(3)12-8-10(15)6-7-11(12)14(13)17/h6-9H,4-5H2,1-3H3. The summed E-state index contributed by atoms with van der Waals surface area (Å²) in [5.41, 5.74) is 0.306. The van der Waals surface area contributed by atoms with Crippen molar-refractivity contribution in [3.63, 3.8) is 0 Å². The Labute approximate surface area is 128 Å². The highest BCUT2D eigenvalue weighted by atomic mass is 35.5. The third-order valence-electron chi connectivity index (χ3n) is 3.03. The van der Waals surface area contributed by atoms with Gasteiger partial charge in [0.25, 0.3) is 0 Å². The molecule has 7 heteroatoms. The first-order valence-electron chi connectivity index (χ1n) is 6.61. The fraction of sp³-hybridized carbons (Fsp3) is 0.357. The van der Waals surface area contributed by atoms with Gasteiger partial charge in [-0.05, 0) is 32.0 Å². The van der Waals surface area contributed by atoms with E-state index in [1.54, 1.807) is 43.7 Å². The number of halogens is 1. The zero-order valence-electron chi connectivity index (χ0n) is 12.1. The number of aromatic nitrogens is 1. The van der Waals surface area contributed by atoms with E-state index in [4.69, 9.17) is 20.6 Å². The highest BCUT2D eigenvalue weighted by molar-refractivity contribution is 7.62. The van der Waals surface area contributed by atoms with Crippen molar-refractivity contribution in [3.05, 3.63) is 39.6 Å². The fourth-order valence-electron chi connectivity index (χ4n) is 2.15. The minimum absolute atomic E-state index is 0.0449. The van der Waals surface area contributed by atoms with Crippen LogP contribution in [0.15, 0.2) is 29.2 Å². The molecule has 2 aromatic rings. The molecule has 0 atom stereocenters. The quantitative estimate of drug-likeness (QED) is 0.791. The second kappa shape index (κ2) is 6.32. The second-order valence-corrected chi connectivity index (χ2v) is 6.88. The van der Waals surface area contributed by atoms with Crippen LogP contribution in [-0.2, 0) is 20.7 Å². The van der Waals surface area contributed by atoms with Crippen LogP contribution in [0.2, 0.25) is 5.02 Å². The maximum atomic E-state index is 12.8. The Hall–Kier alpha value is -1.13. The maximum Gasteiger partial charge on any atom is 0.366 e. The molecule has 0 unspecified atom stereocenters. The van der Waals surface area contributed by atoms with Gasteiger partial charge in [0.15, 0.2) is 0 Å². The van der Waals surface area contributed by atoms with Gasteiger partial charge in [-0.1, -0.05) is 11.6 Å². The monoisotopic (exact) mass is 329 g/mol. The summed E-state index contributed by atoms with van der Waals surface area (Å²) in [6.07, 6.45) is 1.49. The molecular formula is C14H17ClNO4P. The van der Waals surface area contributed by atoms with E-state index in [0.717, 1.165) is 0 Å². The van der Waals surface area contributed by atoms with E-state index in [0.29, 0.717) is 15.9 Å². The number of rotatable bonds is 5. The summed E-state index contributed by atoms with van der Waals surface area (Å²) in [5, 5.41) is 1.01. The van der Waals surface area contributed by atoms with E-state index < -0.39 is 7.60 Å². The van der Waals surface area contributed by atoms with Gasteiger partial charge in [0, 0.05) is 23.7 Å². The Morgan fingerprint density at radius 2 is 1.86 bits per heavy atom. The van der Waals surface area contributed by atoms with E-state index in [9.17, 15) is 9.36 Å². The highest BCUT2D eigenvalue weighted by Gasteiger charge is 2.31. The number of benzene rings is 1. The van der Waals surface area contributed by atoms with Crippen molar-refractivity contribution in [2.75, 3.05) is 13.2 Å². The van der Waals surface area contributed by atoms with Gasteiger partial charge >= 0.3 is 7.60 Å². The highest BCUT2D eigenvalue weighted by Crippen LogP contribution is 2.45. The van der Waals surface area contributed by atoms with Gasteiger partial charge in [-0.15, -0.1) is 0 Å². The first-order valence-corrected chi connectivity index (χ1v) is 8.53. The zero-order valence-corrected chi connectivity index (χ0v) is 13.8. The lowest BCUT2D eigenvalue weighted by molar-refractivity contribution is 0.229. The van der Waals surface area contributed by atoms with Crippen molar-refractivity contribution < 1.29 is 13.6 Å². The summed E-state index contributed by atoms with van der Waals surface area (Å²) in [6.45, 7) is 3.80. The van der Waals surface area contributed by atoms with Gasteiger partial charge < -0.3 is 13.6 Å². The van der Waals surface area contributed by atoms with Crippen LogP contribution in [0.3, 0.4) is 0 Å². The van der Waals surface area contributed by atoms with E-state index >= 15 is 0 Å². The first kappa shape index (κ1) is 16.2. The van der Waals surface area contributed by atoms with E-state index in [1.807, 2.05) is 0 Å². The predicted octanol–water partition coefficient (Wildman–Crippen LogP) is 3.08. The molecule has 21 heavy (non-hydrogen) atoms. The Morgan fingerprint density at radius 3 is 2.43 bits per heavy atom. The fourth-order valence-corrected chi connectivity index (χ4v) is 4.03. The Kier molecular flexibility index (Phi) is 4.89. The molecule has 1 aromatic carbocycles. The Morgan fingerprint density at radius 1 is 1.24 bits per heavy atom. The summed E-state index contributed by atoms with van der Waals surface area (Å²) in [6, 6.07) is 4.93. The lowest BCUT2D eigenvalue weighted by atomic mass is 10.2. The van der Waals surface area contributed by atoms with Gasteiger partial charge in [-0.3, -0.25) is 9.36 Å². The molecule has 0 aliphatic rings. The molecule has 1 heterocycles.